The second-order valence-electron chi connectivity index (χ2n) is 7.91. The average Bonchev–Trinajstić information content (AvgIpc) is 2.80. The summed E-state index contributed by atoms with van der Waals surface area (Å²) in [4.78, 5) is 48.9. The molecule has 182 valence electrons. The zero-order valence-electron chi connectivity index (χ0n) is 18.6. The van der Waals surface area contributed by atoms with E-state index in [-0.39, 0.29) is 47.4 Å². The van der Waals surface area contributed by atoms with Gasteiger partial charge in [0, 0.05) is 17.2 Å². The van der Waals surface area contributed by atoms with Gasteiger partial charge in [0.15, 0.2) is 0 Å². The molecule has 0 aliphatic heterocycles. The van der Waals surface area contributed by atoms with Crippen LogP contribution in [0.2, 0.25) is 0 Å². The number of rotatable bonds is 7. The molecule has 1 aromatic heterocycles. The summed E-state index contributed by atoms with van der Waals surface area (Å²) in [6.45, 7) is -0.483. The van der Waals surface area contributed by atoms with Crippen molar-refractivity contribution in [2.75, 3.05) is 7.11 Å². The number of esters is 1. The lowest BCUT2D eigenvalue weighted by Gasteiger charge is -2.27. The van der Waals surface area contributed by atoms with Gasteiger partial charge in [-0.2, -0.15) is 5.10 Å². The van der Waals surface area contributed by atoms with Gasteiger partial charge in [-0.25, -0.2) is 4.68 Å². The van der Waals surface area contributed by atoms with E-state index in [1.807, 2.05) is 0 Å². The number of carbonyl (C=O) groups is 3. The second-order valence-corrected chi connectivity index (χ2v) is 7.91. The number of hydrogen-bond acceptors (Lipinski definition) is 7. The molecule has 1 aliphatic carbocycles. The standard InChI is InChI=1S/C22H26N6O5.ClH/c1-33-22(32)14-6-8-15(9-7-14)26-20(30)16-10-17(27-28(21(16)31)11-18(23)29)12-2-4-13(5-3-12)19(24)25;/h2-5,10,14-15H,6-9,11H2,1H3,(H2,23,29)(H3,24,25)(H,26,30);1H/t14-,15-;. The molecule has 0 unspecified atom stereocenters. The van der Waals surface area contributed by atoms with Crippen LogP contribution < -0.4 is 22.3 Å². The van der Waals surface area contributed by atoms with E-state index in [0.717, 1.165) is 4.68 Å². The number of nitrogens with zero attached hydrogens (tertiary/aromatic N) is 2. The summed E-state index contributed by atoms with van der Waals surface area (Å²) in [6, 6.07) is 7.68. The number of aromatic nitrogens is 2. The fourth-order valence-electron chi connectivity index (χ4n) is 3.82. The van der Waals surface area contributed by atoms with Gasteiger partial charge in [-0.1, -0.05) is 24.3 Å². The van der Waals surface area contributed by atoms with Gasteiger partial charge in [0.2, 0.25) is 5.91 Å². The smallest absolute Gasteiger partial charge is 0.308 e. The zero-order chi connectivity index (χ0) is 24.1. The predicted molar refractivity (Wildman–Crippen MR) is 127 cm³/mol. The van der Waals surface area contributed by atoms with Gasteiger partial charge < -0.3 is 21.5 Å². The predicted octanol–water partition coefficient (Wildman–Crippen LogP) is 0.563. The molecular weight excluding hydrogens is 464 g/mol. The van der Waals surface area contributed by atoms with Crippen LogP contribution in [0, 0.1) is 11.3 Å². The first-order chi connectivity index (χ1) is 15.7. The number of hydrogen-bond donors (Lipinski definition) is 4. The van der Waals surface area contributed by atoms with Gasteiger partial charge in [-0.05, 0) is 31.7 Å². The highest BCUT2D eigenvalue weighted by molar-refractivity contribution is 5.96. The van der Waals surface area contributed by atoms with Crippen LogP contribution in [0.25, 0.3) is 11.3 Å². The highest BCUT2D eigenvalue weighted by Crippen LogP contribution is 2.25. The third kappa shape index (κ3) is 6.19. The van der Waals surface area contributed by atoms with Crippen molar-refractivity contribution in [2.24, 2.45) is 17.4 Å². The summed E-state index contributed by atoms with van der Waals surface area (Å²) in [5.74, 6) is -1.93. The molecule has 2 amide bonds. The van der Waals surface area contributed by atoms with Crippen LogP contribution in [0.1, 0.15) is 41.6 Å². The molecule has 0 bridgehead atoms. The maximum absolute atomic E-state index is 13.0. The Morgan fingerprint density at radius 1 is 1.15 bits per heavy atom. The van der Waals surface area contributed by atoms with Crippen molar-refractivity contribution in [1.82, 2.24) is 15.1 Å². The first-order valence-corrected chi connectivity index (χ1v) is 10.4. The van der Waals surface area contributed by atoms with Crippen molar-refractivity contribution < 1.29 is 19.1 Å². The van der Waals surface area contributed by atoms with E-state index < -0.39 is 23.9 Å². The normalized spacial score (nSPS) is 17.2. The van der Waals surface area contributed by atoms with Crippen LogP contribution in [0.15, 0.2) is 35.1 Å². The van der Waals surface area contributed by atoms with Crippen LogP contribution in [0.3, 0.4) is 0 Å². The highest BCUT2D eigenvalue weighted by atomic mass is 35.5. The van der Waals surface area contributed by atoms with E-state index in [0.29, 0.717) is 36.8 Å². The largest absolute Gasteiger partial charge is 0.469 e. The Morgan fingerprint density at radius 3 is 2.29 bits per heavy atom. The third-order valence-corrected chi connectivity index (χ3v) is 5.61. The van der Waals surface area contributed by atoms with E-state index in [1.165, 1.54) is 13.2 Å². The number of amides is 2. The molecule has 1 heterocycles. The molecule has 1 fully saturated rings. The van der Waals surface area contributed by atoms with Crippen molar-refractivity contribution in [2.45, 2.75) is 38.3 Å². The maximum atomic E-state index is 13.0. The second kappa shape index (κ2) is 11.4. The molecule has 0 radical (unpaired) electrons. The van der Waals surface area contributed by atoms with Crippen molar-refractivity contribution in [3.8, 4) is 11.3 Å². The average molecular weight is 491 g/mol. The first-order valence-electron chi connectivity index (χ1n) is 10.4. The van der Waals surface area contributed by atoms with Crippen LogP contribution in [-0.4, -0.2) is 46.6 Å². The van der Waals surface area contributed by atoms with Gasteiger partial charge >= 0.3 is 5.97 Å². The fraction of sp³-hybridized carbons (Fsp3) is 0.364. The molecule has 0 spiro atoms. The lowest BCUT2D eigenvalue weighted by molar-refractivity contribution is -0.146. The Balaban J connectivity index is 0.00000408. The minimum absolute atomic E-state index is 0. The van der Waals surface area contributed by atoms with E-state index >= 15 is 0 Å². The Bertz CT molecular complexity index is 1140. The number of nitrogens with one attached hydrogen (secondary N) is 2. The number of primary amides is 1. The SMILES string of the molecule is COC(=O)[C@H]1CC[C@H](NC(=O)c2cc(-c3ccc(C(=N)N)cc3)nn(CC(N)=O)c2=O)CC1.Cl. The van der Waals surface area contributed by atoms with Gasteiger partial charge in [-0.3, -0.25) is 24.6 Å². The summed E-state index contributed by atoms with van der Waals surface area (Å²) in [5, 5.41) is 14.5. The minimum Gasteiger partial charge on any atom is -0.469 e. The molecule has 12 heteroatoms. The first kappa shape index (κ1) is 26.5. The van der Waals surface area contributed by atoms with E-state index in [1.54, 1.807) is 24.3 Å². The molecule has 34 heavy (non-hydrogen) atoms. The Hall–Kier alpha value is -3.73. The lowest BCUT2D eigenvalue weighted by Crippen LogP contribution is -2.42. The van der Waals surface area contributed by atoms with Crippen LogP contribution in [0.5, 0.6) is 0 Å². The monoisotopic (exact) mass is 490 g/mol. The molecule has 1 saturated carbocycles. The molecule has 0 saturated heterocycles. The Kier molecular flexibility index (Phi) is 8.90. The quantitative estimate of drug-likeness (QED) is 0.248. The molecule has 11 nitrogen and oxygen atoms in total. The van der Waals surface area contributed by atoms with Gasteiger partial charge in [-0.15, -0.1) is 12.4 Å². The number of methoxy groups -OCH3 is 1. The summed E-state index contributed by atoms with van der Waals surface area (Å²) < 4.78 is 5.64. The van der Waals surface area contributed by atoms with Crippen LogP contribution in [0.4, 0.5) is 0 Å². The van der Waals surface area contributed by atoms with E-state index in [2.05, 4.69) is 10.4 Å². The number of carbonyl (C=O) groups excluding carboxylic acids is 3. The summed E-state index contributed by atoms with van der Waals surface area (Å²) in [5.41, 5.74) is 11.2. The van der Waals surface area contributed by atoms with Crippen LogP contribution in [-0.2, 0) is 20.9 Å². The maximum Gasteiger partial charge on any atom is 0.308 e. The van der Waals surface area contributed by atoms with Gasteiger partial charge in [0.1, 0.15) is 17.9 Å². The van der Waals surface area contributed by atoms with Crippen molar-refractivity contribution in [3.63, 3.8) is 0 Å². The lowest BCUT2D eigenvalue weighted by atomic mass is 9.86. The summed E-state index contributed by atoms with van der Waals surface area (Å²) >= 11 is 0. The molecule has 2 aromatic rings. The number of nitrogens with two attached hydrogens (primary N) is 2. The van der Waals surface area contributed by atoms with E-state index in [9.17, 15) is 19.2 Å². The molecule has 3 rings (SSSR count). The molecule has 1 aromatic carbocycles. The van der Waals surface area contributed by atoms with Crippen molar-refractivity contribution in [1.29, 1.82) is 5.41 Å². The van der Waals surface area contributed by atoms with Crippen molar-refractivity contribution >= 4 is 36.0 Å². The molecule has 6 N–H and O–H groups in total. The molecular formula is C22H27ClN6O5. The minimum atomic E-state index is -0.777. The third-order valence-electron chi connectivity index (χ3n) is 5.61. The number of benzene rings is 1. The number of halogens is 1. The molecule has 0 atom stereocenters. The van der Waals surface area contributed by atoms with E-state index in [4.69, 9.17) is 21.6 Å². The highest BCUT2D eigenvalue weighted by Gasteiger charge is 2.28. The Labute approximate surface area is 201 Å². The Morgan fingerprint density at radius 2 is 1.76 bits per heavy atom. The molecule has 1 aliphatic rings. The number of nitrogen functional groups attached to an aromatic ring is 1. The fourth-order valence-corrected chi connectivity index (χ4v) is 3.82. The van der Waals surface area contributed by atoms with Gasteiger partial charge in [0.05, 0.1) is 18.7 Å². The number of amidine groups is 1. The topological polar surface area (TPSA) is 183 Å². The number of ether oxygens (including phenoxy) is 1. The summed E-state index contributed by atoms with van der Waals surface area (Å²) in [7, 11) is 1.35. The van der Waals surface area contributed by atoms with Crippen LogP contribution >= 0.6 is 12.4 Å². The van der Waals surface area contributed by atoms with Gasteiger partial charge in [0.25, 0.3) is 11.5 Å². The zero-order valence-corrected chi connectivity index (χ0v) is 19.4. The van der Waals surface area contributed by atoms with Crippen molar-refractivity contribution in [3.05, 3.63) is 51.8 Å². The summed E-state index contributed by atoms with van der Waals surface area (Å²) in [6.07, 6.45) is 2.30.